The maximum atomic E-state index is 12.3. The molecule has 1 fully saturated rings. The van der Waals surface area contributed by atoms with Gasteiger partial charge in [-0.15, -0.1) is 0 Å². The van der Waals surface area contributed by atoms with E-state index in [1.807, 2.05) is 0 Å². The van der Waals surface area contributed by atoms with E-state index < -0.39 is 0 Å². The van der Waals surface area contributed by atoms with Gasteiger partial charge in [-0.25, -0.2) is 0 Å². The number of aryl methyl sites for hydroxylation is 1. The highest BCUT2D eigenvalue weighted by Gasteiger charge is 2.24. The summed E-state index contributed by atoms with van der Waals surface area (Å²) in [7, 11) is 0. The van der Waals surface area contributed by atoms with Gasteiger partial charge in [0.2, 0.25) is 0 Å². The Bertz CT molecular complexity index is 466. The van der Waals surface area contributed by atoms with Gasteiger partial charge in [-0.1, -0.05) is 24.3 Å². The highest BCUT2D eigenvalue weighted by molar-refractivity contribution is 5.80. The molecule has 1 aromatic rings. The first kappa shape index (κ1) is 13.8. The predicted octanol–water partition coefficient (Wildman–Crippen LogP) is 2.44. The van der Waals surface area contributed by atoms with Crippen LogP contribution in [0.3, 0.4) is 0 Å². The lowest BCUT2D eigenvalue weighted by Crippen LogP contribution is -2.42. The van der Waals surface area contributed by atoms with Crippen LogP contribution in [0, 0.1) is 0 Å². The Labute approximate surface area is 120 Å². The van der Waals surface area contributed by atoms with Crippen molar-refractivity contribution in [3.63, 3.8) is 0 Å². The average molecular weight is 273 g/mol. The van der Waals surface area contributed by atoms with E-state index in [0.717, 1.165) is 19.6 Å². The van der Waals surface area contributed by atoms with Crippen LogP contribution in [0.5, 0.6) is 0 Å². The molecule has 2 unspecified atom stereocenters. The van der Waals surface area contributed by atoms with Crippen molar-refractivity contribution in [3.8, 4) is 0 Å². The summed E-state index contributed by atoms with van der Waals surface area (Å²) in [6, 6.07) is 8.83. The molecule has 0 aromatic heterocycles. The highest BCUT2D eigenvalue weighted by Crippen LogP contribution is 2.34. The minimum atomic E-state index is 0.218. The number of rotatable bonds is 4. The predicted molar refractivity (Wildman–Crippen MR) is 79.0 cm³/mol. The second-order valence-corrected chi connectivity index (χ2v) is 5.96. The topological polar surface area (TPSA) is 38.3 Å². The number of benzene rings is 1. The van der Waals surface area contributed by atoms with Crippen molar-refractivity contribution in [2.75, 3.05) is 19.8 Å². The summed E-state index contributed by atoms with van der Waals surface area (Å²) in [6.45, 7) is 2.30. The van der Waals surface area contributed by atoms with Crippen molar-refractivity contribution in [2.45, 2.75) is 44.1 Å². The number of morpholine rings is 1. The van der Waals surface area contributed by atoms with E-state index in [9.17, 15) is 4.79 Å². The van der Waals surface area contributed by atoms with E-state index in [1.165, 1.54) is 24.0 Å². The largest absolute Gasteiger partial charge is 0.379 e. The van der Waals surface area contributed by atoms with Crippen LogP contribution < -0.4 is 5.32 Å². The summed E-state index contributed by atoms with van der Waals surface area (Å²) < 4.78 is 5.41. The third kappa shape index (κ3) is 3.28. The number of fused-ring (bicyclic) bond motifs is 1. The number of Topliss-reactive ketones (excluding diaryl/α,β-unsaturated/α-hetero) is 1. The van der Waals surface area contributed by atoms with Crippen molar-refractivity contribution in [3.05, 3.63) is 35.4 Å². The van der Waals surface area contributed by atoms with E-state index in [1.54, 1.807) is 0 Å². The van der Waals surface area contributed by atoms with Crippen molar-refractivity contribution < 1.29 is 9.53 Å². The Hall–Kier alpha value is -1.19. The average Bonchev–Trinajstić information content (AvgIpc) is 2.48. The Balaban J connectivity index is 1.59. The molecule has 1 aromatic carbocycles. The zero-order valence-corrected chi connectivity index (χ0v) is 11.9. The van der Waals surface area contributed by atoms with Gasteiger partial charge >= 0.3 is 0 Å². The molecule has 2 atom stereocenters. The zero-order valence-electron chi connectivity index (χ0n) is 11.9. The van der Waals surface area contributed by atoms with E-state index >= 15 is 0 Å². The quantitative estimate of drug-likeness (QED) is 0.915. The van der Waals surface area contributed by atoms with Gasteiger partial charge in [-0.2, -0.15) is 0 Å². The van der Waals surface area contributed by atoms with Crippen LogP contribution in [-0.2, 0) is 16.0 Å². The second kappa shape index (κ2) is 6.51. The first-order valence-electron chi connectivity index (χ1n) is 7.73. The second-order valence-electron chi connectivity index (χ2n) is 5.96. The molecular formula is C17H23NO2. The Morgan fingerprint density at radius 2 is 2.20 bits per heavy atom. The van der Waals surface area contributed by atoms with Crippen LogP contribution in [0.15, 0.2) is 24.3 Å². The molecule has 1 N–H and O–H groups in total. The maximum Gasteiger partial charge on any atom is 0.135 e. The van der Waals surface area contributed by atoms with Gasteiger partial charge in [0, 0.05) is 25.4 Å². The van der Waals surface area contributed by atoms with Crippen LogP contribution in [0.1, 0.15) is 42.7 Å². The van der Waals surface area contributed by atoms with E-state index in [-0.39, 0.29) is 6.04 Å². The number of ketones is 1. The van der Waals surface area contributed by atoms with Gasteiger partial charge in [0.05, 0.1) is 13.2 Å². The van der Waals surface area contributed by atoms with Gasteiger partial charge in [0.25, 0.3) is 0 Å². The van der Waals surface area contributed by atoms with Crippen LogP contribution in [0.25, 0.3) is 0 Å². The third-order valence-corrected chi connectivity index (χ3v) is 4.44. The molecule has 20 heavy (non-hydrogen) atoms. The Morgan fingerprint density at radius 1 is 1.30 bits per heavy atom. The molecule has 108 valence electrons. The molecule has 1 saturated heterocycles. The van der Waals surface area contributed by atoms with Gasteiger partial charge < -0.3 is 10.1 Å². The number of hydrogen-bond acceptors (Lipinski definition) is 3. The molecule has 0 spiro atoms. The molecule has 2 aliphatic rings. The molecule has 3 heteroatoms. The fourth-order valence-electron chi connectivity index (χ4n) is 3.45. The summed E-state index contributed by atoms with van der Waals surface area (Å²) in [5, 5.41) is 3.36. The normalized spacial score (nSPS) is 26.0. The molecule has 1 heterocycles. The monoisotopic (exact) mass is 273 g/mol. The Kier molecular flexibility index (Phi) is 4.48. The molecule has 3 nitrogen and oxygen atoms in total. The fourth-order valence-corrected chi connectivity index (χ4v) is 3.45. The van der Waals surface area contributed by atoms with Crippen LogP contribution in [0.4, 0.5) is 0 Å². The smallest absolute Gasteiger partial charge is 0.135 e. The zero-order chi connectivity index (χ0) is 13.8. The van der Waals surface area contributed by atoms with Crippen LogP contribution in [-0.4, -0.2) is 31.6 Å². The minimum absolute atomic E-state index is 0.218. The van der Waals surface area contributed by atoms with E-state index in [2.05, 4.69) is 29.6 Å². The standard InChI is InChI=1S/C17H23NO2/c19-16(11-15-12-20-9-8-18-15)10-14-6-3-5-13-4-1-2-7-17(13)14/h1-2,4,7,14-15,18H,3,5-6,8-12H2. The van der Waals surface area contributed by atoms with Crippen LogP contribution in [0.2, 0.25) is 0 Å². The SMILES string of the molecule is O=C(CC1COCCN1)CC1CCCc2ccccc21. The summed E-state index contributed by atoms with van der Waals surface area (Å²) in [4.78, 5) is 12.3. The molecule has 1 aliphatic heterocycles. The molecule has 0 amide bonds. The van der Waals surface area contributed by atoms with E-state index in [0.29, 0.717) is 31.1 Å². The molecule has 0 saturated carbocycles. The molecule has 0 bridgehead atoms. The van der Waals surface area contributed by atoms with Crippen LogP contribution >= 0.6 is 0 Å². The summed E-state index contributed by atoms with van der Waals surface area (Å²) >= 11 is 0. The number of ether oxygens (including phenoxy) is 1. The fraction of sp³-hybridized carbons (Fsp3) is 0.588. The number of hydrogen-bond donors (Lipinski definition) is 1. The van der Waals surface area contributed by atoms with Gasteiger partial charge in [-0.05, 0) is 36.3 Å². The lowest BCUT2D eigenvalue weighted by Gasteiger charge is -2.27. The first-order valence-corrected chi connectivity index (χ1v) is 7.73. The summed E-state index contributed by atoms with van der Waals surface area (Å²) in [5.74, 6) is 0.798. The number of carbonyl (C=O) groups excluding carboxylic acids is 1. The molecular weight excluding hydrogens is 250 g/mol. The van der Waals surface area contributed by atoms with Gasteiger partial charge in [0.15, 0.2) is 0 Å². The van der Waals surface area contributed by atoms with Crippen molar-refractivity contribution in [2.24, 2.45) is 0 Å². The summed E-state index contributed by atoms with van der Waals surface area (Å²) in [5.41, 5.74) is 2.84. The summed E-state index contributed by atoms with van der Waals surface area (Å²) in [6.07, 6.45) is 4.82. The third-order valence-electron chi connectivity index (χ3n) is 4.44. The highest BCUT2D eigenvalue weighted by atomic mass is 16.5. The molecule has 1 aliphatic carbocycles. The number of nitrogens with one attached hydrogen (secondary N) is 1. The van der Waals surface area contributed by atoms with Crippen molar-refractivity contribution in [1.29, 1.82) is 0 Å². The van der Waals surface area contributed by atoms with E-state index in [4.69, 9.17) is 4.74 Å². The molecule has 0 radical (unpaired) electrons. The lowest BCUT2D eigenvalue weighted by atomic mass is 9.80. The molecule has 3 rings (SSSR count). The van der Waals surface area contributed by atoms with Crippen molar-refractivity contribution in [1.82, 2.24) is 5.32 Å². The van der Waals surface area contributed by atoms with Gasteiger partial charge in [-0.3, -0.25) is 4.79 Å². The van der Waals surface area contributed by atoms with Gasteiger partial charge in [0.1, 0.15) is 5.78 Å². The first-order chi connectivity index (χ1) is 9.83. The maximum absolute atomic E-state index is 12.3. The van der Waals surface area contributed by atoms with Crippen molar-refractivity contribution >= 4 is 5.78 Å². The Morgan fingerprint density at radius 3 is 3.05 bits per heavy atom. The minimum Gasteiger partial charge on any atom is -0.379 e. The lowest BCUT2D eigenvalue weighted by molar-refractivity contribution is -0.120. The number of carbonyl (C=O) groups is 1.